The molecule has 0 aliphatic heterocycles. The fourth-order valence-corrected chi connectivity index (χ4v) is 1.21. The molecular weight excluding hydrogens is 184 g/mol. The van der Waals surface area contributed by atoms with Crippen LogP contribution in [-0.4, -0.2) is 33.8 Å². The zero-order valence-electron chi connectivity index (χ0n) is 8.30. The summed E-state index contributed by atoms with van der Waals surface area (Å²) in [7, 11) is 1.25. The van der Waals surface area contributed by atoms with E-state index in [0.29, 0.717) is 5.82 Å². The number of aliphatic hydroxyl groups is 1. The summed E-state index contributed by atoms with van der Waals surface area (Å²) in [6, 6.07) is 0. The van der Waals surface area contributed by atoms with Gasteiger partial charge in [-0.3, -0.25) is 0 Å². The highest BCUT2D eigenvalue weighted by Crippen LogP contribution is 2.02. The third-order valence-corrected chi connectivity index (χ3v) is 1.99. The zero-order valence-corrected chi connectivity index (χ0v) is 8.30. The number of hydrogen-bond acceptors (Lipinski definition) is 4. The van der Waals surface area contributed by atoms with E-state index in [2.05, 4.69) is 9.72 Å². The quantitative estimate of drug-likeness (QED) is 0.690. The second kappa shape index (κ2) is 4.76. The van der Waals surface area contributed by atoms with Crippen molar-refractivity contribution >= 4 is 5.97 Å². The standard InChI is InChI=1S/C9H14N2O3/c1-3-11-5-4-10-8(11)6-7(12)9(13)14-2/h4-5,7,12H,3,6H2,1-2H3. The van der Waals surface area contributed by atoms with Gasteiger partial charge in [0.25, 0.3) is 0 Å². The Labute approximate surface area is 82.3 Å². The number of aryl methyl sites for hydroxylation is 1. The molecule has 1 atom stereocenters. The van der Waals surface area contributed by atoms with Crippen LogP contribution in [0.4, 0.5) is 0 Å². The van der Waals surface area contributed by atoms with E-state index in [9.17, 15) is 9.90 Å². The fraction of sp³-hybridized carbons (Fsp3) is 0.556. The molecule has 1 rings (SSSR count). The summed E-state index contributed by atoms with van der Waals surface area (Å²) in [6.07, 6.45) is 2.50. The van der Waals surface area contributed by atoms with Gasteiger partial charge in [-0.25, -0.2) is 9.78 Å². The number of esters is 1. The number of carbonyl (C=O) groups excluding carboxylic acids is 1. The molecule has 0 aliphatic rings. The van der Waals surface area contributed by atoms with Gasteiger partial charge in [-0.15, -0.1) is 0 Å². The highest BCUT2D eigenvalue weighted by Gasteiger charge is 2.18. The molecule has 0 aliphatic carbocycles. The maximum absolute atomic E-state index is 10.9. The van der Waals surface area contributed by atoms with Gasteiger partial charge >= 0.3 is 5.97 Å². The smallest absolute Gasteiger partial charge is 0.335 e. The molecule has 1 N–H and O–H groups in total. The van der Waals surface area contributed by atoms with Crippen molar-refractivity contribution in [2.45, 2.75) is 26.0 Å². The van der Waals surface area contributed by atoms with Crippen LogP contribution in [0.1, 0.15) is 12.7 Å². The first kappa shape index (κ1) is 10.7. The molecule has 0 spiro atoms. The van der Waals surface area contributed by atoms with Crippen LogP contribution in [0.5, 0.6) is 0 Å². The summed E-state index contributed by atoms with van der Waals surface area (Å²) >= 11 is 0. The van der Waals surface area contributed by atoms with Crippen molar-refractivity contribution in [2.24, 2.45) is 0 Å². The Balaban J connectivity index is 2.64. The number of aromatic nitrogens is 2. The molecule has 1 aromatic heterocycles. The van der Waals surface area contributed by atoms with E-state index in [1.54, 1.807) is 12.4 Å². The molecule has 5 nitrogen and oxygen atoms in total. The molecule has 0 fully saturated rings. The van der Waals surface area contributed by atoms with Crippen LogP contribution in [0.25, 0.3) is 0 Å². The molecule has 0 saturated carbocycles. The first-order valence-corrected chi connectivity index (χ1v) is 4.45. The van der Waals surface area contributed by atoms with Crippen molar-refractivity contribution in [3.8, 4) is 0 Å². The Kier molecular flexibility index (Phi) is 3.64. The lowest BCUT2D eigenvalue weighted by Crippen LogP contribution is -2.25. The molecule has 5 heteroatoms. The number of methoxy groups -OCH3 is 1. The number of aliphatic hydroxyl groups excluding tert-OH is 1. The molecule has 1 heterocycles. The van der Waals surface area contributed by atoms with Crippen LogP contribution >= 0.6 is 0 Å². The molecule has 0 bridgehead atoms. The highest BCUT2D eigenvalue weighted by molar-refractivity contribution is 5.74. The largest absolute Gasteiger partial charge is 0.467 e. The Hall–Kier alpha value is -1.36. The summed E-state index contributed by atoms with van der Waals surface area (Å²) < 4.78 is 6.28. The van der Waals surface area contributed by atoms with Gasteiger partial charge in [0.15, 0.2) is 6.10 Å². The minimum Gasteiger partial charge on any atom is -0.467 e. The minimum atomic E-state index is -1.13. The maximum atomic E-state index is 10.9. The van der Waals surface area contributed by atoms with Gasteiger partial charge < -0.3 is 14.4 Å². The van der Waals surface area contributed by atoms with E-state index in [4.69, 9.17) is 0 Å². The van der Waals surface area contributed by atoms with Crippen molar-refractivity contribution in [1.29, 1.82) is 0 Å². The van der Waals surface area contributed by atoms with Crippen molar-refractivity contribution in [3.05, 3.63) is 18.2 Å². The number of nitrogens with zero attached hydrogens (tertiary/aromatic N) is 2. The van der Waals surface area contributed by atoms with Gasteiger partial charge in [0, 0.05) is 25.4 Å². The van der Waals surface area contributed by atoms with Gasteiger partial charge in [-0.1, -0.05) is 0 Å². The second-order valence-corrected chi connectivity index (χ2v) is 2.87. The first-order chi connectivity index (χ1) is 6.69. The molecular formula is C9H14N2O3. The van der Waals surface area contributed by atoms with Crippen molar-refractivity contribution in [1.82, 2.24) is 9.55 Å². The molecule has 78 valence electrons. The van der Waals surface area contributed by atoms with E-state index in [1.165, 1.54) is 7.11 Å². The van der Waals surface area contributed by atoms with Gasteiger partial charge in [0.2, 0.25) is 0 Å². The van der Waals surface area contributed by atoms with E-state index < -0.39 is 12.1 Å². The Morgan fingerprint density at radius 2 is 2.50 bits per heavy atom. The summed E-state index contributed by atoms with van der Waals surface area (Å²) in [5.41, 5.74) is 0. The summed E-state index contributed by atoms with van der Waals surface area (Å²) in [5, 5.41) is 9.38. The van der Waals surface area contributed by atoms with Gasteiger partial charge in [0.05, 0.1) is 7.11 Å². The van der Waals surface area contributed by atoms with Crippen LogP contribution < -0.4 is 0 Å². The highest BCUT2D eigenvalue weighted by atomic mass is 16.5. The van der Waals surface area contributed by atoms with Crippen molar-refractivity contribution < 1.29 is 14.6 Å². The van der Waals surface area contributed by atoms with E-state index >= 15 is 0 Å². The predicted octanol–water partition coefficient (Wildman–Crippen LogP) is -0.0206. The third kappa shape index (κ3) is 2.32. The number of hydrogen-bond donors (Lipinski definition) is 1. The molecule has 14 heavy (non-hydrogen) atoms. The number of carbonyl (C=O) groups is 1. The second-order valence-electron chi connectivity index (χ2n) is 2.87. The third-order valence-electron chi connectivity index (χ3n) is 1.99. The van der Waals surface area contributed by atoms with E-state index in [0.717, 1.165) is 6.54 Å². The minimum absolute atomic E-state index is 0.188. The fourth-order valence-electron chi connectivity index (χ4n) is 1.21. The molecule has 0 aromatic carbocycles. The molecule has 0 saturated heterocycles. The Morgan fingerprint density at radius 1 is 1.79 bits per heavy atom. The Bertz CT molecular complexity index is 309. The Morgan fingerprint density at radius 3 is 3.07 bits per heavy atom. The van der Waals surface area contributed by atoms with Crippen LogP contribution in [0, 0.1) is 0 Å². The van der Waals surface area contributed by atoms with E-state index in [-0.39, 0.29) is 6.42 Å². The lowest BCUT2D eigenvalue weighted by Gasteiger charge is -2.08. The van der Waals surface area contributed by atoms with Crippen LogP contribution in [0.3, 0.4) is 0 Å². The normalized spacial score (nSPS) is 12.5. The van der Waals surface area contributed by atoms with Crippen LogP contribution in [-0.2, 0) is 22.5 Å². The maximum Gasteiger partial charge on any atom is 0.335 e. The summed E-state index contributed by atoms with van der Waals surface area (Å²) in [4.78, 5) is 15.0. The zero-order chi connectivity index (χ0) is 10.6. The SMILES string of the molecule is CCn1ccnc1CC(O)C(=O)OC. The predicted molar refractivity (Wildman–Crippen MR) is 49.6 cm³/mol. The average Bonchev–Trinajstić information content (AvgIpc) is 2.63. The molecule has 1 aromatic rings. The van der Waals surface area contributed by atoms with Crippen LogP contribution in [0.15, 0.2) is 12.4 Å². The monoisotopic (exact) mass is 198 g/mol. The van der Waals surface area contributed by atoms with Crippen molar-refractivity contribution in [2.75, 3.05) is 7.11 Å². The first-order valence-electron chi connectivity index (χ1n) is 4.45. The molecule has 0 radical (unpaired) electrons. The lowest BCUT2D eigenvalue weighted by molar-refractivity contribution is -0.150. The number of ether oxygens (including phenoxy) is 1. The summed E-state index contributed by atoms with van der Waals surface area (Å²) in [5.74, 6) is 0.0565. The number of rotatable bonds is 4. The van der Waals surface area contributed by atoms with Crippen molar-refractivity contribution in [3.63, 3.8) is 0 Å². The number of imidazole rings is 1. The molecule has 1 unspecified atom stereocenters. The van der Waals surface area contributed by atoms with Gasteiger partial charge in [-0.2, -0.15) is 0 Å². The topological polar surface area (TPSA) is 64.3 Å². The average molecular weight is 198 g/mol. The van der Waals surface area contributed by atoms with Crippen LogP contribution in [0.2, 0.25) is 0 Å². The lowest BCUT2D eigenvalue weighted by atomic mass is 10.2. The van der Waals surface area contributed by atoms with E-state index in [1.807, 2.05) is 11.5 Å². The summed E-state index contributed by atoms with van der Waals surface area (Å²) in [6.45, 7) is 2.74. The van der Waals surface area contributed by atoms with Gasteiger partial charge in [-0.05, 0) is 6.92 Å². The van der Waals surface area contributed by atoms with Gasteiger partial charge in [0.1, 0.15) is 5.82 Å². The molecule has 0 amide bonds.